The van der Waals surface area contributed by atoms with Gasteiger partial charge in [-0.2, -0.15) is 0 Å². The van der Waals surface area contributed by atoms with E-state index in [1.807, 2.05) is 0 Å². The summed E-state index contributed by atoms with van der Waals surface area (Å²) in [5.74, 6) is 5.06. The zero-order valence-electron chi connectivity index (χ0n) is 13.2. The van der Waals surface area contributed by atoms with Crippen LogP contribution in [-0.4, -0.2) is 34.3 Å². The fourth-order valence-corrected chi connectivity index (χ4v) is 2.65. The molecule has 0 aliphatic carbocycles. The molecule has 2 rings (SSSR count). The average Bonchev–Trinajstić information content (AvgIpc) is 2.50. The first kappa shape index (κ1) is 15.6. The maximum absolute atomic E-state index is 5.06. The van der Waals surface area contributed by atoms with Gasteiger partial charge in [0, 0.05) is 49.8 Å². The van der Waals surface area contributed by atoms with Crippen LogP contribution in [-0.2, 0) is 4.84 Å². The first-order valence-corrected chi connectivity index (χ1v) is 7.37. The van der Waals surface area contributed by atoms with Crippen LogP contribution in [0.1, 0.15) is 12.8 Å². The van der Waals surface area contributed by atoms with Gasteiger partial charge in [0.25, 0.3) is 0 Å². The topological polar surface area (TPSA) is 41.7 Å². The van der Waals surface area contributed by atoms with Gasteiger partial charge in [0.05, 0.1) is 6.61 Å². The highest BCUT2D eigenvalue weighted by atomic mass is 16.6. The molecule has 0 heterocycles. The summed E-state index contributed by atoms with van der Waals surface area (Å²) in [4.78, 5) is 9.08. The van der Waals surface area contributed by atoms with Crippen LogP contribution in [0.2, 0.25) is 0 Å². The molecule has 0 bridgehead atoms. The van der Waals surface area contributed by atoms with Crippen molar-refractivity contribution in [2.75, 3.05) is 44.1 Å². The highest BCUT2D eigenvalue weighted by Gasteiger charge is 2.09. The molecule has 0 spiro atoms. The van der Waals surface area contributed by atoms with Gasteiger partial charge in [0.2, 0.25) is 0 Å². The van der Waals surface area contributed by atoms with Gasteiger partial charge < -0.3 is 14.6 Å². The largest absolute Gasteiger partial charge is 0.377 e. The normalized spacial score (nSPS) is 10.9. The minimum atomic E-state index is 0.619. The molecule has 0 aliphatic heterocycles. The number of fused-ring (bicyclic) bond motifs is 1. The minimum absolute atomic E-state index is 0.619. The molecule has 2 N–H and O–H groups in total. The van der Waals surface area contributed by atoms with Crippen LogP contribution in [0.3, 0.4) is 0 Å². The predicted octanol–water partition coefficient (Wildman–Crippen LogP) is 3.01. The molecule has 114 valence electrons. The fourth-order valence-electron chi connectivity index (χ4n) is 2.65. The second kappa shape index (κ2) is 7.29. The summed E-state index contributed by atoms with van der Waals surface area (Å²) in [7, 11) is 6.30. The van der Waals surface area contributed by atoms with E-state index < -0.39 is 0 Å². The summed E-state index contributed by atoms with van der Waals surface area (Å²) >= 11 is 0. The first-order chi connectivity index (χ1) is 10.1. The number of nitrogens with two attached hydrogens (primary N) is 1. The van der Waals surface area contributed by atoms with Crippen LogP contribution in [0.5, 0.6) is 0 Å². The minimum Gasteiger partial charge on any atom is -0.377 e. The Morgan fingerprint density at radius 2 is 1.52 bits per heavy atom. The lowest BCUT2D eigenvalue weighted by Crippen LogP contribution is -2.19. The van der Waals surface area contributed by atoms with Crippen LogP contribution in [0, 0.1) is 0 Å². The molecule has 0 aromatic heterocycles. The maximum Gasteiger partial charge on any atom is 0.0679 e. The van der Waals surface area contributed by atoms with Crippen molar-refractivity contribution in [1.82, 2.24) is 0 Å². The molecule has 0 radical (unpaired) electrons. The molecule has 0 unspecified atom stereocenters. The van der Waals surface area contributed by atoms with Gasteiger partial charge >= 0.3 is 0 Å². The van der Waals surface area contributed by atoms with Gasteiger partial charge in [-0.1, -0.05) is 24.3 Å². The molecular weight excluding hydrogens is 262 g/mol. The van der Waals surface area contributed by atoms with Crippen molar-refractivity contribution >= 4 is 22.1 Å². The third-order valence-electron chi connectivity index (χ3n) is 3.77. The summed E-state index contributed by atoms with van der Waals surface area (Å²) in [5.41, 5.74) is 2.52. The fraction of sp³-hybridized carbons (Fsp3) is 0.412. The van der Waals surface area contributed by atoms with E-state index in [4.69, 9.17) is 5.90 Å². The van der Waals surface area contributed by atoms with Crippen LogP contribution in [0.4, 0.5) is 11.4 Å². The average molecular weight is 287 g/mol. The number of nitrogens with zero attached hydrogens (tertiary/aromatic N) is 2. The van der Waals surface area contributed by atoms with Crippen LogP contribution < -0.4 is 15.7 Å². The SMILES string of the molecule is CN(C)c1cccc2c(N(C)CCCCON)cccc12. The van der Waals surface area contributed by atoms with Crippen molar-refractivity contribution < 1.29 is 4.84 Å². The molecule has 21 heavy (non-hydrogen) atoms. The molecule has 0 saturated heterocycles. The van der Waals surface area contributed by atoms with Gasteiger partial charge in [0.1, 0.15) is 0 Å². The molecule has 0 amide bonds. The van der Waals surface area contributed by atoms with Gasteiger partial charge in [-0.25, -0.2) is 5.90 Å². The van der Waals surface area contributed by atoms with Crippen molar-refractivity contribution in [3.8, 4) is 0 Å². The number of hydrogen-bond acceptors (Lipinski definition) is 4. The highest BCUT2D eigenvalue weighted by molar-refractivity contribution is 6.01. The van der Waals surface area contributed by atoms with Crippen LogP contribution >= 0.6 is 0 Å². The summed E-state index contributed by atoms with van der Waals surface area (Å²) in [6.45, 7) is 1.61. The number of rotatable bonds is 7. The van der Waals surface area contributed by atoms with Crippen molar-refractivity contribution in [2.45, 2.75) is 12.8 Å². The summed E-state index contributed by atoms with van der Waals surface area (Å²) in [6.07, 6.45) is 2.05. The van der Waals surface area contributed by atoms with Gasteiger partial charge in [-0.3, -0.25) is 0 Å². The Morgan fingerprint density at radius 3 is 2.14 bits per heavy atom. The van der Waals surface area contributed by atoms with E-state index in [0.717, 1.165) is 19.4 Å². The van der Waals surface area contributed by atoms with E-state index in [-0.39, 0.29) is 0 Å². The standard InChI is InChI=1S/C17H25N3O/c1-19(2)16-10-6-9-15-14(16)8-7-11-17(15)20(3)12-4-5-13-21-18/h6-11H,4-5,12-13,18H2,1-3H3. The summed E-state index contributed by atoms with van der Waals surface area (Å²) in [6, 6.07) is 13.0. The van der Waals surface area contributed by atoms with E-state index in [1.165, 1.54) is 22.1 Å². The Balaban J connectivity index is 2.26. The van der Waals surface area contributed by atoms with Crippen molar-refractivity contribution in [1.29, 1.82) is 0 Å². The van der Waals surface area contributed by atoms with Crippen LogP contribution in [0.25, 0.3) is 10.8 Å². The zero-order chi connectivity index (χ0) is 15.2. The van der Waals surface area contributed by atoms with Crippen LogP contribution in [0.15, 0.2) is 36.4 Å². The Hall–Kier alpha value is -1.78. The van der Waals surface area contributed by atoms with Gasteiger partial charge in [-0.15, -0.1) is 0 Å². The Kier molecular flexibility index (Phi) is 5.42. The van der Waals surface area contributed by atoms with Gasteiger partial charge in [0.15, 0.2) is 0 Å². The monoisotopic (exact) mass is 287 g/mol. The van der Waals surface area contributed by atoms with E-state index >= 15 is 0 Å². The molecule has 0 aliphatic rings. The molecule has 0 atom stereocenters. The lowest BCUT2D eigenvalue weighted by Gasteiger charge is -2.23. The van der Waals surface area contributed by atoms with E-state index in [0.29, 0.717) is 6.61 Å². The summed E-state index contributed by atoms with van der Waals surface area (Å²) in [5, 5.41) is 2.58. The second-order valence-electron chi connectivity index (χ2n) is 5.54. The molecule has 2 aromatic rings. The van der Waals surface area contributed by atoms with Crippen molar-refractivity contribution in [3.05, 3.63) is 36.4 Å². The van der Waals surface area contributed by atoms with Crippen molar-refractivity contribution in [3.63, 3.8) is 0 Å². The first-order valence-electron chi connectivity index (χ1n) is 7.37. The lowest BCUT2D eigenvalue weighted by atomic mass is 10.1. The number of unbranched alkanes of at least 4 members (excludes halogenated alkanes) is 1. The van der Waals surface area contributed by atoms with E-state index in [2.05, 4.69) is 72.2 Å². The molecule has 4 heteroatoms. The molecule has 4 nitrogen and oxygen atoms in total. The number of anilines is 2. The highest BCUT2D eigenvalue weighted by Crippen LogP contribution is 2.32. The quantitative estimate of drug-likeness (QED) is 0.628. The molecular formula is C17H25N3O. The Morgan fingerprint density at radius 1 is 0.905 bits per heavy atom. The third kappa shape index (κ3) is 3.65. The predicted molar refractivity (Wildman–Crippen MR) is 90.9 cm³/mol. The number of hydrogen-bond donors (Lipinski definition) is 1. The van der Waals surface area contributed by atoms with Gasteiger partial charge in [-0.05, 0) is 25.0 Å². The molecule has 2 aromatic carbocycles. The second-order valence-corrected chi connectivity index (χ2v) is 5.54. The Labute approximate surface area is 127 Å². The zero-order valence-corrected chi connectivity index (χ0v) is 13.2. The number of benzene rings is 2. The summed E-state index contributed by atoms with van der Waals surface area (Å²) < 4.78 is 0. The molecule has 0 fully saturated rings. The van der Waals surface area contributed by atoms with E-state index in [9.17, 15) is 0 Å². The van der Waals surface area contributed by atoms with E-state index in [1.54, 1.807) is 0 Å². The molecule has 0 saturated carbocycles. The lowest BCUT2D eigenvalue weighted by molar-refractivity contribution is 0.134. The smallest absolute Gasteiger partial charge is 0.0679 e. The maximum atomic E-state index is 5.06. The van der Waals surface area contributed by atoms with Crippen molar-refractivity contribution in [2.24, 2.45) is 5.90 Å². The third-order valence-corrected chi connectivity index (χ3v) is 3.77. The Bertz CT molecular complexity index is 583.